The number of Topliss-reactive ketones (excluding diaryl/α,β-unsaturated/α-hetero) is 1. The molecule has 4 rings (SSSR count). The molecule has 2 aromatic rings. The number of halogens is 1. The minimum Gasteiger partial charge on any atom is -0.380 e. The summed E-state index contributed by atoms with van der Waals surface area (Å²) in [7, 11) is 1.68. The Morgan fingerprint density at radius 2 is 1.65 bits per heavy atom. The number of benzene rings is 2. The first-order valence-corrected chi connectivity index (χ1v) is 12.1. The molecular weight excluding hydrogens is 433 g/mol. The normalized spacial score (nSPS) is 16.9. The van der Waals surface area contributed by atoms with Crippen LogP contribution in [0, 0.1) is 11.7 Å². The zero-order valence-electron chi connectivity index (χ0n) is 19.8. The van der Waals surface area contributed by atoms with Gasteiger partial charge >= 0.3 is 6.03 Å². The number of hydrogen-bond donors (Lipinski definition) is 1. The van der Waals surface area contributed by atoms with Crippen molar-refractivity contribution >= 4 is 11.8 Å². The molecule has 0 radical (unpaired) electrons. The molecule has 7 heteroatoms. The number of ether oxygens (including phenoxy) is 1. The Bertz CT molecular complexity index is 952. The third-order valence-electron chi connectivity index (χ3n) is 6.72. The fourth-order valence-corrected chi connectivity index (χ4v) is 4.52. The number of nitrogens with one attached hydrogen (secondary N) is 1. The summed E-state index contributed by atoms with van der Waals surface area (Å²) in [6.07, 6.45) is 4.08. The van der Waals surface area contributed by atoms with E-state index in [0.29, 0.717) is 37.2 Å². The number of piperidine rings is 1. The van der Waals surface area contributed by atoms with Crippen LogP contribution in [0.1, 0.15) is 47.2 Å². The van der Waals surface area contributed by atoms with Crippen LogP contribution in [0.2, 0.25) is 0 Å². The summed E-state index contributed by atoms with van der Waals surface area (Å²) < 4.78 is 18.2. The van der Waals surface area contributed by atoms with Gasteiger partial charge in [0.05, 0.1) is 13.2 Å². The first-order valence-electron chi connectivity index (χ1n) is 12.1. The molecule has 2 aliphatic rings. The summed E-state index contributed by atoms with van der Waals surface area (Å²) in [5.41, 5.74) is 2.74. The Hall–Kier alpha value is -2.77. The second kappa shape index (κ2) is 11.6. The average molecular weight is 468 g/mol. The van der Waals surface area contributed by atoms with Crippen molar-refractivity contribution < 1.29 is 18.7 Å². The summed E-state index contributed by atoms with van der Waals surface area (Å²) >= 11 is 0. The number of likely N-dealkylation sites (tertiary alicyclic amines) is 1. The third kappa shape index (κ3) is 6.87. The van der Waals surface area contributed by atoms with Crippen LogP contribution < -0.4 is 5.32 Å². The van der Waals surface area contributed by atoms with E-state index in [2.05, 4.69) is 10.2 Å². The Labute approximate surface area is 201 Å². The smallest absolute Gasteiger partial charge is 0.317 e. The van der Waals surface area contributed by atoms with Crippen molar-refractivity contribution in [3.63, 3.8) is 0 Å². The van der Waals surface area contributed by atoms with Gasteiger partial charge in [0.25, 0.3) is 0 Å². The lowest BCUT2D eigenvalue weighted by Crippen LogP contribution is -2.46. The van der Waals surface area contributed by atoms with Gasteiger partial charge in [-0.25, -0.2) is 9.18 Å². The molecular formula is C27H34FN3O3. The number of carbonyl (C=O) groups excluding carboxylic acids is 2. The molecule has 0 atom stereocenters. The highest BCUT2D eigenvalue weighted by Crippen LogP contribution is 2.30. The van der Waals surface area contributed by atoms with Crippen molar-refractivity contribution in [2.75, 3.05) is 33.3 Å². The van der Waals surface area contributed by atoms with Crippen LogP contribution in [0.15, 0.2) is 48.5 Å². The van der Waals surface area contributed by atoms with Crippen LogP contribution in [0.4, 0.5) is 9.18 Å². The van der Waals surface area contributed by atoms with Gasteiger partial charge in [-0.1, -0.05) is 24.3 Å². The minimum atomic E-state index is -0.332. The van der Waals surface area contributed by atoms with Crippen molar-refractivity contribution in [1.29, 1.82) is 0 Å². The van der Waals surface area contributed by atoms with E-state index in [9.17, 15) is 14.0 Å². The predicted octanol–water partition coefficient (Wildman–Crippen LogP) is 4.24. The molecule has 182 valence electrons. The van der Waals surface area contributed by atoms with Gasteiger partial charge in [0.1, 0.15) is 5.82 Å². The standard InChI is InChI=1S/C27H34FN3O3/c1-34-19-22-4-2-20(3-5-22)16-29-27(33)31(25-10-11-25)17-21-12-14-30(15-13-21)18-26(32)23-6-8-24(28)9-7-23/h2-9,21,25H,10-19H2,1H3,(H,29,33). The highest BCUT2D eigenvalue weighted by atomic mass is 19.1. The topological polar surface area (TPSA) is 61.9 Å². The van der Waals surface area contributed by atoms with Crippen molar-refractivity contribution in [1.82, 2.24) is 15.1 Å². The highest BCUT2D eigenvalue weighted by Gasteiger charge is 2.34. The second-order valence-electron chi connectivity index (χ2n) is 9.44. The highest BCUT2D eigenvalue weighted by molar-refractivity contribution is 5.97. The number of hydrogen-bond acceptors (Lipinski definition) is 4. The van der Waals surface area contributed by atoms with E-state index in [-0.39, 0.29) is 17.6 Å². The Balaban J connectivity index is 1.22. The van der Waals surface area contributed by atoms with Gasteiger partial charge in [-0.15, -0.1) is 0 Å². The Morgan fingerprint density at radius 1 is 1.00 bits per heavy atom. The van der Waals surface area contributed by atoms with Gasteiger partial charge in [0.15, 0.2) is 5.78 Å². The van der Waals surface area contributed by atoms with E-state index in [4.69, 9.17) is 4.74 Å². The summed E-state index contributed by atoms with van der Waals surface area (Å²) in [6, 6.07) is 14.2. The number of carbonyl (C=O) groups is 2. The molecule has 1 saturated carbocycles. The number of methoxy groups -OCH3 is 1. The minimum absolute atomic E-state index is 0.0115. The predicted molar refractivity (Wildman–Crippen MR) is 129 cm³/mol. The van der Waals surface area contributed by atoms with Gasteiger partial charge in [-0.2, -0.15) is 0 Å². The SMILES string of the molecule is COCc1ccc(CNC(=O)N(CC2CCN(CC(=O)c3ccc(F)cc3)CC2)C2CC2)cc1. The number of rotatable bonds is 10. The van der Waals surface area contributed by atoms with Gasteiger partial charge in [-0.05, 0) is 80.1 Å². The Morgan fingerprint density at radius 3 is 2.26 bits per heavy atom. The van der Waals surface area contributed by atoms with E-state index in [1.165, 1.54) is 12.1 Å². The van der Waals surface area contributed by atoms with Crippen LogP contribution >= 0.6 is 0 Å². The van der Waals surface area contributed by atoms with E-state index >= 15 is 0 Å². The van der Waals surface area contributed by atoms with Crippen LogP contribution in [0.5, 0.6) is 0 Å². The molecule has 2 amide bonds. The van der Waals surface area contributed by atoms with E-state index in [1.54, 1.807) is 19.2 Å². The zero-order valence-corrected chi connectivity index (χ0v) is 19.8. The molecule has 1 aliphatic carbocycles. The Kier molecular flexibility index (Phi) is 8.29. The monoisotopic (exact) mass is 467 g/mol. The molecule has 0 spiro atoms. The fraction of sp³-hybridized carbons (Fsp3) is 0.481. The molecule has 1 aliphatic heterocycles. The van der Waals surface area contributed by atoms with Gasteiger partial charge in [0.2, 0.25) is 0 Å². The van der Waals surface area contributed by atoms with Gasteiger partial charge in [-0.3, -0.25) is 9.69 Å². The average Bonchev–Trinajstić information content (AvgIpc) is 3.69. The molecule has 0 unspecified atom stereocenters. The fourth-order valence-electron chi connectivity index (χ4n) is 4.52. The maximum absolute atomic E-state index is 13.1. The summed E-state index contributed by atoms with van der Waals surface area (Å²) in [5, 5.41) is 3.09. The van der Waals surface area contributed by atoms with Gasteiger partial charge in [0, 0.05) is 31.8 Å². The molecule has 1 heterocycles. The largest absolute Gasteiger partial charge is 0.380 e. The number of amides is 2. The first kappa shape index (κ1) is 24.4. The lowest BCUT2D eigenvalue weighted by atomic mass is 9.95. The second-order valence-corrected chi connectivity index (χ2v) is 9.44. The summed E-state index contributed by atoms with van der Waals surface area (Å²) in [5.74, 6) is 0.131. The molecule has 2 aromatic carbocycles. The summed E-state index contributed by atoms with van der Waals surface area (Å²) in [6.45, 7) is 3.90. The number of nitrogens with zero attached hydrogens (tertiary/aromatic N) is 2. The quantitative estimate of drug-likeness (QED) is 0.531. The molecule has 0 bridgehead atoms. The van der Waals surface area contributed by atoms with Crippen molar-refractivity contribution in [3.05, 3.63) is 71.0 Å². The van der Waals surface area contributed by atoms with Gasteiger partial charge < -0.3 is 15.0 Å². The summed E-state index contributed by atoms with van der Waals surface area (Å²) in [4.78, 5) is 29.6. The molecule has 0 aromatic heterocycles. The molecule has 6 nitrogen and oxygen atoms in total. The third-order valence-corrected chi connectivity index (χ3v) is 6.72. The van der Waals surface area contributed by atoms with E-state index in [1.807, 2.05) is 29.2 Å². The lowest BCUT2D eigenvalue weighted by Gasteiger charge is -2.34. The van der Waals surface area contributed by atoms with Crippen molar-refractivity contribution in [3.8, 4) is 0 Å². The molecule has 1 N–H and O–H groups in total. The van der Waals surface area contributed by atoms with Crippen molar-refractivity contribution in [2.45, 2.75) is 44.9 Å². The molecule has 1 saturated heterocycles. The van der Waals surface area contributed by atoms with Crippen LogP contribution in [-0.4, -0.2) is 60.9 Å². The maximum atomic E-state index is 13.1. The molecule has 2 fully saturated rings. The zero-order chi connectivity index (χ0) is 23.9. The molecule has 34 heavy (non-hydrogen) atoms. The van der Waals surface area contributed by atoms with E-state index in [0.717, 1.165) is 56.4 Å². The lowest BCUT2D eigenvalue weighted by molar-refractivity contribution is 0.0882. The number of ketones is 1. The van der Waals surface area contributed by atoms with Crippen LogP contribution in [-0.2, 0) is 17.9 Å². The number of urea groups is 1. The first-order chi connectivity index (χ1) is 16.5. The van der Waals surface area contributed by atoms with E-state index < -0.39 is 0 Å². The maximum Gasteiger partial charge on any atom is 0.317 e. The van der Waals surface area contributed by atoms with Crippen molar-refractivity contribution in [2.24, 2.45) is 5.92 Å². The van der Waals surface area contributed by atoms with Crippen LogP contribution in [0.25, 0.3) is 0 Å². The van der Waals surface area contributed by atoms with Crippen LogP contribution in [0.3, 0.4) is 0 Å².